The first-order chi connectivity index (χ1) is 6.71. The average molecular weight is 219 g/mol. The molecule has 0 aromatic carbocycles. The van der Waals surface area contributed by atoms with Gasteiger partial charge in [0.1, 0.15) is 0 Å². The number of hydrogen-bond donors (Lipinski definition) is 3. The summed E-state index contributed by atoms with van der Waals surface area (Å²) in [6, 6.07) is -0.367. The van der Waals surface area contributed by atoms with Crippen molar-refractivity contribution in [3.05, 3.63) is 11.9 Å². The topological polar surface area (TPSA) is 63.9 Å². The van der Waals surface area contributed by atoms with Crippen molar-refractivity contribution in [1.29, 1.82) is 0 Å². The van der Waals surface area contributed by atoms with Gasteiger partial charge in [-0.3, -0.25) is 0 Å². The quantitative estimate of drug-likeness (QED) is 0.563. The highest BCUT2D eigenvalue weighted by Crippen LogP contribution is 2.40. The van der Waals surface area contributed by atoms with Crippen LogP contribution in [0.15, 0.2) is 11.9 Å². The van der Waals surface area contributed by atoms with Crippen LogP contribution >= 0.6 is 0 Å². The third-order valence-corrected chi connectivity index (χ3v) is 3.48. The lowest BCUT2D eigenvalue weighted by Crippen LogP contribution is -2.60. The molecule has 88 valence electrons. The predicted octanol–water partition coefficient (Wildman–Crippen LogP) is 0.548. The van der Waals surface area contributed by atoms with Gasteiger partial charge in [0, 0.05) is 18.0 Å². The summed E-state index contributed by atoms with van der Waals surface area (Å²) >= 11 is 0. The van der Waals surface area contributed by atoms with E-state index >= 15 is 0 Å². The lowest BCUT2D eigenvalue weighted by atomic mass is 9.73. The lowest BCUT2D eigenvalue weighted by Gasteiger charge is -2.48. The SMILES string of the molecule is CC1N(C(O)(O)O)CC/C(=C\F)C1(C)C. The summed E-state index contributed by atoms with van der Waals surface area (Å²) in [4.78, 5) is 1.14. The van der Waals surface area contributed by atoms with Gasteiger partial charge in [0.2, 0.25) is 0 Å². The molecular formula is C10H18FNO3. The molecule has 1 rings (SSSR count). The Kier molecular flexibility index (Phi) is 3.21. The molecule has 1 fully saturated rings. The van der Waals surface area contributed by atoms with Gasteiger partial charge in [-0.15, -0.1) is 0 Å². The number of likely N-dealkylation sites (tertiary alicyclic amines) is 1. The second-order valence-electron chi connectivity index (χ2n) is 4.58. The van der Waals surface area contributed by atoms with Crippen LogP contribution in [0, 0.1) is 5.41 Å². The van der Waals surface area contributed by atoms with Crippen molar-refractivity contribution < 1.29 is 19.7 Å². The minimum Gasteiger partial charge on any atom is -0.330 e. The molecule has 0 saturated carbocycles. The minimum atomic E-state index is -2.83. The van der Waals surface area contributed by atoms with Crippen LogP contribution < -0.4 is 0 Å². The number of piperidine rings is 1. The van der Waals surface area contributed by atoms with E-state index in [1.54, 1.807) is 20.8 Å². The summed E-state index contributed by atoms with van der Waals surface area (Å²) in [5.74, 6) is 0. The van der Waals surface area contributed by atoms with E-state index in [1.165, 1.54) is 0 Å². The van der Waals surface area contributed by atoms with Crippen molar-refractivity contribution in [2.75, 3.05) is 6.54 Å². The molecule has 3 N–H and O–H groups in total. The molecule has 1 aliphatic rings. The number of rotatable bonds is 1. The van der Waals surface area contributed by atoms with Gasteiger partial charge in [-0.2, -0.15) is 0 Å². The highest BCUT2D eigenvalue weighted by Gasteiger charge is 2.45. The second kappa shape index (κ2) is 3.83. The molecule has 1 unspecified atom stereocenters. The van der Waals surface area contributed by atoms with Crippen LogP contribution in [0.25, 0.3) is 0 Å². The Morgan fingerprint density at radius 2 is 2.00 bits per heavy atom. The Hall–Kier alpha value is -0.490. The van der Waals surface area contributed by atoms with Crippen molar-refractivity contribution in [1.82, 2.24) is 4.90 Å². The Labute approximate surface area is 88.6 Å². The van der Waals surface area contributed by atoms with Gasteiger partial charge in [-0.25, -0.2) is 9.29 Å². The summed E-state index contributed by atoms with van der Waals surface area (Å²) < 4.78 is 12.6. The molecule has 15 heavy (non-hydrogen) atoms. The smallest absolute Gasteiger partial charge is 0.330 e. The van der Waals surface area contributed by atoms with Crippen LogP contribution in [0.2, 0.25) is 0 Å². The third-order valence-electron chi connectivity index (χ3n) is 3.48. The van der Waals surface area contributed by atoms with E-state index in [2.05, 4.69) is 0 Å². The third kappa shape index (κ3) is 2.20. The molecule has 1 aliphatic heterocycles. The lowest BCUT2D eigenvalue weighted by molar-refractivity contribution is -0.405. The Balaban J connectivity index is 2.97. The zero-order valence-electron chi connectivity index (χ0n) is 9.24. The molecule has 1 heterocycles. The van der Waals surface area contributed by atoms with Gasteiger partial charge in [0.15, 0.2) is 0 Å². The molecule has 1 saturated heterocycles. The maximum atomic E-state index is 12.6. The molecular weight excluding hydrogens is 201 g/mol. The fourth-order valence-electron chi connectivity index (χ4n) is 2.02. The molecule has 0 amide bonds. The summed E-state index contributed by atoms with van der Waals surface area (Å²) in [6.45, 7) is 5.55. The van der Waals surface area contributed by atoms with Crippen LogP contribution in [0.4, 0.5) is 4.39 Å². The van der Waals surface area contributed by atoms with Crippen molar-refractivity contribution in [3.63, 3.8) is 0 Å². The monoisotopic (exact) mass is 219 g/mol. The molecule has 1 atom stereocenters. The largest absolute Gasteiger partial charge is 0.346 e. The molecule has 0 radical (unpaired) electrons. The van der Waals surface area contributed by atoms with Crippen LogP contribution in [0.5, 0.6) is 0 Å². The first-order valence-electron chi connectivity index (χ1n) is 4.95. The summed E-state index contributed by atoms with van der Waals surface area (Å²) in [5.41, 5.74) is 0.0856. The zero-order chi connectivity index (χ0) is 11.9. The Morgan fingerprint density at radius 1 is 1.47 bits per heavy atom. The van der Waals surface area contributed by atoms with E-state index in [1.807, 2.05) is 0 Å². The summed E-state index contributed by atoms with van der Waals surface area (Å²) in [6.07, 6.45) is -1.89. The molecule has 0 spiro atoms. The van der Waals surface area contributed by atoms with Crippen LogP contribution in [-0.2, 0) is 0 Å². The fourth-order valence-corrected chi connectivity index (χ4v) is 2.02. The maximum absolute atomic E-state index is 12.6. The summed E-state index contributed by atoms with van der Waals surface area (Å²) in [5, 5.41) is 27.4. The average Bonchev–Trinajstić information content (AvgIpc) is 2.07. The second-order valence-corrected chi connectivity index (χ2v) is 4.58. The van der Waals surface area contributed by atoms with Crippen LogP contribution in [0.3, 0.4) is 0 Å². The van der Waals surface area contributed by atoms with Crippen LogP contribution in [-0.4, -0.2) is 38.9 Å². The minimum absolute atomic E-state index is 0.212. The molecule has 4 nitrogen and oxygen atoms in total. The Morgan fingerprint density at radius 3 is 2.40 bits per heavy atom. The van der Waals surface area contributed by atoms with E-state index in [0.717, 1.165) is 4.90 Å². The van der Waals surface area contributed by atoms with Gasteiger partial charge >= 0.3 is 6.10 Å². The van der Waals surface area contributed by atoms with Crippen molar-refractivity contribution in [3.8, 4) is 0 Å². The van der Waals surface area contributed by atoms with E-state index in [4.69, 9.17) is 15.3 Å². The van der Waals surface area contributed by atoms with E-state index in [0.29, 0.717) is 18.3 Å². The van der Waals surface area contributed by atoms with Crippen molar-refractivity contribution in [2.24, 2.45) is 5.41 Å². The van der Waals surface area contributed by atoms with Gasteiger partial charge in [-0.05, 0) is 18.9 Å². The molecule has 0 aromatic rings. The van der Waals surface area contributed by atoms with E-state index in [-0.39, 0.29) is 12.6 Å². The highest BCUT2D eigenvalue weighted by molar-refractivity contribution is 5.16. The Bertz CT molecular complexity index is 270. The van der Waals surface area contributed by atoms with E-state index < -0.39 is 11.5 Å². The normalized spacial score (nSPS) is 30.9. The fraction of sp³-hybridized carbons (Fsp3) is 0.800. The standard InChI is InChI=1S/C10H18FNO3/c1-7-9(2,3)8(6-11)4-5-12(7)10(13,14)15/h6-7,13-15H,4-5H2,1-3H3/b8-6+. The molecule has 0 aromatic heterocycles. The molecule has 0 bridgehead atoms. The maximum Gasteiger partial charge on any atom is 0.346 e. The van der Waals surface area contributed by atoms with Gasteiger partial charge in [0.05, 0.1) is 6.33 Å². The van der Waals surface area contributed by atoms with Crippen molar-refractivity contribution >= 4 is 0 Å². The van der Waals surface area contributed by atoms with Gasteiger partial charge < -0.3 is 15.3 Å². The van der Waals surface area contributed by atoms with E-state index in [9.17, 15) is 4.39 Å². The van der Waals surface area contributed by atoms with Crippen molar-refractivity contribution in [2.45, 2.75) is 39.3 Å². The highest BCUT2D eigenvalue weighted by atomic mass is 19.1. The molecule has 5 heteroatoms. The van der Waals surface area contributed by atoms with Gasteiger partial charge in [0.25, 0.3) is 0 Å². The molecule has 0 aliphatic carbocycles. The number of halogens is 1. The first-order valence-corrected chi connectivity index (χ1v) is 4.95. The predicted molar refractivity (Wildman–Crippen MR) is 53.1 cm³/mol. The number of nitrogens with zero attached hydrogens (tertiary/aromatic N) is 1. The van der Waals surface area contributed by atoms with Gasteiger partial charge in [-0.1, -0.05) is 13.8 Å². The number of aliphatic hydroxyl groups is 3. The zero-order valence-corrected chi connectivity index (χ0v) is 9.24. The first kappa shape index (κ1) is 12.6. The number of hydrogen-bond acceptors (Lipinski definition) is 4. The van der Waals surface area contributed by atoms with Crippen LogP contribution in [0.1, 0.15) is 27.2 Å². The summed E-state index contributed by atoms with van der Waals surface area (Å²) in [7, 11) is 0.